The van der Waals surface area contributed by atoms with Gasteiger partial charge in [-0.3, -0.25) is 13.8 Å². The third-order valence-corrected chi connectivity index (χ3v) is 8.16. The molecule has 0 radical (unpaired) electrons. The molecule has 0 rings (SSSR count). The molecule has 0 saturated carbocycles. The number of hydrogen-bond donors (Lipinski definition) is 3. The number of allylic oxidation sites excluding steroid dienone is 3. The van der Waals surface area contributed by atoms with Crippen LogP contribution in [0.3, 0.4) is 0 Å². The van der Waals surface area contributed by atoms with Crippen LogP contribution in [-0.4, -0.2) is 73.4 Å². The lowest BCUT2D eigenvalue weighted by Gasteiger charge is -2.25. The highest BCUT2D eigenvalue weighted by Gasteiger charge is 2.27. The quantitative estimate of drug-likeness (QED) is 0.0342. The summed E-state index contributed by atoms with van der Waals surface area (Å²) in [6, 6.07) is -0.853. The first-order valence-electron chi connectivity index (χ1n) is 16.7. The number of carbonyl (C=O) groups excluding carboxylic acids is 1. The second kappa shape index (κ2) is 26.4. The summed E-state index contributed by atoms with van der Waals surface area (Å²) >= 11 is 0. The summed E-state index contributed by atoms with van der Waals surface area (Å²) in [5.41, 5.74) is 0. The first-order valence-corrected chi connectivity index (χ1v) is 18.2. The molecular formula is C33H66N2O6P+. The van der Waals surface area contributed by atoms with Crippen LogP contribution >= 0.6 is 7.82 Å². The van der Waals surface area contributed by atoms with E-state index in [9.17, 15) is 19.4 Å². The van der Waals surface area contributed by atoms with Crippen LogP contribution < -0.4 is 5.32 Å². The largest absolute Gasteiger partial charge is 0.472 e. The Morgan fingerprint density at radius 1 is 0.786 bits per heavy atom. The molecule has 0 heterocycles. The number of nitrogens with one attached hydrogen (secondary N) is 1. The molecule has 0 aliphatic heterocycles. The van der Waals surface area contributed by atoms with Gasteiger partial charge in [-0.2, -0.15) is 0 Å². The Kier molecular flexibility index (Phi) is 25.7. The number of phosphoric ester groups is 1. The number of quaternary nitrogens is 1. The lowest BCUT2D eigenvalue weighted by molar-refractivity contribution is -0.870. The third-order valence-electron chi connectivity index (χ3n) is 7.17. The molecule has 1 amide bonds. The first-order chi connectivity index (χ1) is 20.0. The smallest absolute Gasteiger partial charge is 0.387 e. The highest BCUT2D eigenvalue weighted by Crippen LogP contribution is 2.43. The second-order valence-electron chi connectivity index (χ2n) is 12.5. The number of rotatable bonds is 29. The predicted molar refractivity (Wildman–Crippen MR) is 175 cm³/mol. The summed E-state index contributed by atoms with van der Waals surface area (Å²) in [5.74, 6) is -0.195. The van der Waals surface area contributed by atoms with Gasteiger partial charge in [-0.1, -0.05) is 115 Å². The fourth-order valence-electron chi connectivity index (χ4n) is 4.41. The van der Waals surface area contributed by atoms with Crippen molar-refractivity contribution in [2.75, 3.05) is 40.9 Å². The van der Waals surface area contributed by atoms with Gasteiger partial charge in [0.05, 0.1) is 39.9 Å². The van der Waals surface area contributed by atoms with E-state index in [1.165, 1.54) is 70.6 Å². The average Bonchev–Trinajstić information content (AvgIpc) is 2.92. The van der Waals surface area contributed by atoms with Crippen molar-refractivity contribution in [1.82, 2.24) is 5.32 Å². The maximum atomic E-state index is 12.7. The van der Waals surface area contributed by atoms with Gasteiger partial charge in [0.25, 0.3) is 0 Å². The van der Waals surface area contributed by atoms with E-state index in [4.69, 9.17) is 9.05 Å². The number of hydrogen-bond acceptors (Lipinski definition) is 5. The first kappa shape index (κ1) is 41.0. The zero-order valence-corrected chi connectivity index (χ0v) is 28.6. The van der Waals surface area contributed by atoms with E-state index in [0.29, 0.717) is 17.4 Å². The van der Waals surface area contributed by atoms with Crippen molar-refractivity contribution in [3.63, 3.8) is 0 Å². The SMILES string of the molecule is CCCCCCC/C=C/CC/C=C/C(O)C(COP(=O)(O)OCC[N+](C)(C)C)NC(=O)CCCCCCCCCCC. The van der Waals surface area contributed by atoms with Crippen LogP contribution in [0.5, 0.6) is 0 Å². The lowest BCUT2D eigenvalue weighted by Crippen LogP contribution is -2.45. The molecule has 0 saturated heterocycles. The predicted octanol–water partition coefficient (Wildman–Crippen LogP) is 7.85. The minimum Gasteiger partial charge on any atom is -0.387 e. The minimum atomic E-state index is -4.32. The standard InChI is InChI=1S/C33H65N2O6P/c1-6-8-10-12-14-16-17-19-20-22-24-26-32(36)31(30-41-42(38,39)40-29-28-35(3,4)5)34-33(37)27-25-23-21-18-15-13-11-9-7-2/h17,19,24,26,31-32,36H,6-16,18,20-23,25,27-30H2,1-5H3,(H-,34,37,38,39)/p+1/b19-17+,26-24+. The molecular weight excluding hydrogens is 551 g/mol. The second-order valence-corrected chi connectivity index (χ2v) is 14.0. The van der Waals surface area contributed by atoms with Crippen LogP contribution in [0, 0.1) is 0 Å². The summed E-state index contributed by atoms with van der Waals surface area (Å²) in [5, 5.41) is 13.6. The molecule has 0 spiro atoms. The fraction of sp³-hybridized carbons (Fsp3) is 0.848. The molecule has 0 aromatic carbocycles. The van der Waals surface area contributed by atoms with E-state index in [-0.39, 0.29) is 19.1 Å². The topological polar surface area (TPSA) is 105 Å². The van der Waals surface area contributed by atoms with Crippen molar-refractivity contribution in [3.05, 3.63) is 24.3 Å². The maximum absolute atomic E-state index is 12.7. The van der Waals surface area contributed by atoms with E-state index >= 15 is 0 Å². The molecule has 3 atom stereocenters. The van der Waals surface area contributed by atoms with Crippen molar-refractivity contribution < 1.29 is 32.9 Å². The monoisotopic (exact) mass is 617 g/mol. The fourth-order valence-corrected chi connectivity index (χ4v) is 5.14. The van der Waals surface area contributed by atoms with Gasteiger partial charge in [0.2, 0.25) is 5.91 Å². The number of unbranched alkanes of at least 4 members (excludes halogenated alkanes) is 14. The van der Waals surface area contributed by atoms with Crippen LogP contribution in [0.4, 0.5) is 0 Å². The van der Waals surface area contributed by atoms with Crippen LogP contribution in [0.15, 0.2) is 24.3 Å². The normalized spacial score (nSPS) is 15.3. The van der Waals surface area contributed by atoms with Crippen molar-refractivity contribution in [2.45, 2.75) is 142 Å². The Bertz CT molecular complexity index is 753. The van der Waals surface area contributed by atoms with E-state index in [2.05, 4.69) is 31.3 Å². The van der Waals surface area contributed by atoms with E-state index in [0.717, 1.165) is 38.5 Å². The number of aliphatic hydroxyl groups is 1. The number of phosphoric acid groups is 1. The van der Waals surface area contributed by atoms with E-state index in [1.54, 1.807) is 6.08 Å². The molecule has 9 heteroatoms. The number of carbonyl (C=O) groups is 1. The van der Waals surface area contributed by atoms with Crippen molar-refractivity contribution in [1.29, 1.82) is 0 Å². The molecule has 0 fully saturated rings. The Hall–Kier alpha value is -1.02. The van der Waals surface area contributed by atoms with E-state index < -0.39 is 20.0 Å². The summed E-state index contributed by atoms with van der Waals surface area (Å²) in [6.45, 7) is 4.70. The zero-order valence-electron chi connectivity index (χ0n) is 27.7. The number of amides is 1. The Balaban J connectivity index is 4.70. The van der Waals surface area contributed by atoms with Gasteiger partial charge in [0.15, 0.2) is 0 Å². The van der Waals surface area contributed by atoms with Gasteiger partial charge >= 0.3 is 7.82 Å². The highest BCUT2D eigenvalue weighted by molar-refractivity contribution is 7.47. The van der Waals surface area contributed by atoms with Crippen LogP contribution in [-0.2, 0) is 18.4 Å². The molecule has 0 aliphatic carbocycles. The molecule has 42 heavy (non-hydrogen) atoms. The third kappa shape index (κ3) is 27.8. The average molecular weight is 618 g/mol. The number of nitrogens with zero attached hydrogens (tertiary/aromatic N) is 1. The maximum Gasteiger partial charge on any atom is 0.472 e. The molecule has 8 nitrogen and oxygen atoms in total. The molecule has 3 N–H and O–H groups in total. The molecule has 248 valence electrons. The van der Waals surface area contributed by atoms with Crippen molar-refractivity contribution in [3.8, 4) is 0 Å². The molecule has 3 unspecified atom stereocenters. The minimum absolute atomic E-state index is 0.0572. The van der Waals surface area contributed by atoms with Gasteiger partial charge in [0, 0.05) is 6.42 Å². The Morgan fingerprint density at radius 3 is 1.90 bits per heavy atom. The van der Waals surface area contributed by atoms with Gasteiger partial charge in [0.1, 0.15) is 13.2 Å². The molecule has 0 aromatic rings. The van der Waals surface area contributed by atoms with Gasteiger partial charge in [-0.25, -0.2) is 4.57 Å². The zero-order chi connectivity index (χ0) is 31.5. The van der Waals surface area contributed by atoms with E-state index in [1.807, 2.05) is 27.2 Å². The highest BCUT2D eigenvalue weighted by atomic mass is 31.2. The van der Waals surface area contributed by atoms with Crippen LogP contribution in [0.25, 0.3) is 0 Å². The number of likely N-dealkylation sites (N-methyl/N-ethyl adjacent to an activating group) is 1. The molecule has 0 bridgehead atoms. The van der Waals surface area contributed by atoms with Crippen LogP contribution in [0.1, 0.15) is 129 Å². The van der Waals surface area contributed by atoms with Crippen molar-refractivity contribution >= 4 is 13.7 Å². The molecule has 0 aliphatic rings. The van der Waals surface area contributed by atoms with Gasteiger partial charge < -0.3 is 19.8 Å². The lowest BCUT2D eigenvalue weighted by atomic mass is 10.1. The summed E-state index contributed by atoms with van der Waals surface area (Å²) in [7, 11) is 1.55. The number of aliphatic hydroxyl groups excluding tert-OH is 1. The summed E-state index contributed by atoms with van der Waals surface area (Å²) in [6.07, 6.45) is 26.8. The Morgan fingerprint density at radius 2 is 1.31 bits per heavy atom. The molecule has 0 aromatic heterocycles. The van der Waals surface area contributed by atoms with Crippen molar-refractivity contribution in [2.24, 2.45) is 0 Å². The Labute approximate surface area is 258 Å². The summed E-state index contributed by atoms with van der Waals surface area (Å²) in [4.78, 5) is 22.8. The summed E-state index contributed by atoms with van der Waals surface area (Å²) < 4.78 is 23.3. The van der Waals surface area contributed by atoms with Gasteiger partial charge in [-0.15, -0.1) is 0 Å². The van der Waals surface area contributed by atoms with Gasteiger partial charge in [-0.05, 0) is 32.1 Å². The van der Waals surface area contributed by atoms with Crippen LogP contribution in [0.2, 0.25) is 0 Å².